The Morgan fingerprint density at radius 3 is 2.53 bits per heavy atom. The molecular weight excluding hydrogens is 435 g/mol. The van der Waals surface area contributed by atoms with Crippen molar-refractivity contribution in [1.29, 1.82) is 0 Å². The second-order valence-corrected chi connectivity index (χ2v) is 9.57. The van der Waals surface area contributed by atoms with Crippen LogP contribution in [0.1, 0.15) is 34.1 Å². The molecule has 0 saturated carbocycles. The number of carboxylic acids is 1. The van der Waals surface area contributed by atoms with E-state index >= 15 is 0 Å². The number of aromatic nitrogens is 1. The maximum absolute atomic E-state index is 14.3. The van der Waals surface area contributed by atoms with E-state index in [2.05, 4.69) is 4.98 Å². The van der Waals surface area contributed by atoms with Gasteiger partial charge in [-0.25, -0.2) is 22.6 Å². The third-order valence-corrected chi connectivity index (χ3v) is 6.76. The summed E-state index contributed by atoms with van der Waals surface area (Å²) in [5.74, 6) is -1.64. The molecule has 2 aromatic carbocycles. The lowest BCUT2D eigenvalue weighted by Gasteiger charge is -2.23. The molecule has 0 saturated heterocycles. The van der Waals surface area contributed by atoms with Gasteiger partial charge in [-0.05, 0) is 35.7 Å². The van der Waals surface area contributed by atoms with Crippen LogP contribution in [0.15, 0.2) is 54.6 Å². The van der Waals surface area contributed by atoms with Gasteiger partial charge in [-0.2, -0.15) is 4.31 Å². The largest absolute Gasteiger partial charge is 0.477 e. The third-order valence-electron chi connectivity index (χ3n) is 5.52. The molecule has 1 aromatic heterocycles. The van der Waals surface area contributed by atoms with Crippen LogP contribution in [-0.4, -0.2) is 46.8 Å². The van der Waals surface area contributed by atoms with E-state index in [0.29, 0.717) is 33.5 Å². The summed E-state index contributed by atoms with van der Waals surface area (Å²) in [6.07, 6.45) is 1.21. The number of hydrogen-bond donors (Lipinski definition) is 2. The van der Waals surface area contributed by atoms with E-state index in [4.69, 9.17) is 0 Å². The minimum Gasteiger partial charge on any atom is -0.477 e. The summed E-state index contributed by atoms with van der Waals surface area (Å²) >= 11 is 0. The van der Waals surface area contributed by atoms with Crippen molar-refractivity contribution in [3.63, 3.8) is 0 Å². The zero-order valence-corrected chi connectivity index (χ0v) is 18.0. The quantitative estimate of drug-likeness (QED) is 0.588. The minimum absolute atomic E-state index is 0.0123. The Bertz CT molecular complexity index is 1310. The number of nitrogens with zero attached hydrogens (tertiary/aromatic N) is 2. The molecule has 166 valence electrons. The van der Waals surface area contributed by atoms with Gasteiger partial charge in [0.15, 0.2) is 0 Å². The van der Waals surface area contributed by atoms with E-state index in [9.17, 15) is 27.8 Å². The molecule has 1 atom stereocenters. The molecule has 1 aliphatic rings. The standard InChI is InChI=1S/C23H21FN2O5S/c1-32(30,31)26-13-16-12-19(23(28)29)25-22(21(16)20(26)9-10-27)15-6-4-5-14(11-15)17-7-2-3-8-18(17)24/h2-8,11-12,20,27H,9-10,13H2,1H3,(H,28,29)/t20-/m1/s1. The zero-order valence-electron chi connectivity index (χ0n) is 17.2. The summed E-state index contributed by atoms with van der Waals surface area (Å²) in [6.45, 7) is -0.271. The van der Waals surface area contributed by atoms with Gasteiger partial charge in [0.25, 0.3) is 0 Å². The molecule has 0 fully saturated rings. The van der Waals surface area contributed by atoms with Crippen LogP contribution >= 0.6 is 0 Å². The molecule has 2 heterocycles. The van der Waals surface area contributed by atoms with E-state index in [-0.39, 0.29) is 25.3 Å². The van der Waals surface area contributed by atoms with Crippen LogP contribution in [0, 0.1) is 5.82 Å². The summed E-state index contributed by atoms with van der Waals surface area (Å²) < 4.78 is 40.4. The fourth-order valence-corrected chi connectivity index (χ4v) is 5.20. The molecule has 1 aliphatic heterocycles. The summed E-state index contributed by atoms with van der Waals surface area (Å²) in [5.41, 5.74) is 2.66. The van der Waals surface area contributed by atoms with Crippen LogP contribution < -0.4 is 0 Å². The number of carboxylic acid groups (broad SMARTS) is 1. The molecule has 0 unspecified atom stereocenters. The van der Waals surface area contributed by atoms with Crippen LogP contribution in [0.3, 0.4) is 0 Å². The van der Waals surface area contributed by atoms with Gasteiger partial charge in [-0.15, -0.1) is 0 Å². The normalized spacial score (nSPS) is 16.2. The van der Waals surface area contributed by atoms with Gasteiger partial charge >= 0.3 is 5.97 Å². The monoisotopic (exact) mass is 456 g/mol. The number of fused-ring (bicyclic) bond motifs is 1. The number of aliphatic hydroxyl groups is 1. The van der Waals surface area contributed by atoms with Gasteiger partial charge in [-0.3, -0.25) is 0 Å². The molecule has 9 heteroatoms. The van der Waals surface area contributed by atoms with Gasteiger partial charge in [-0.1, -0.05) is 36.4 Å². The van der Waals surface area contributed by atoms with E-state index in [1.165, 1.54) is 16.4 Å². The first-order valence-electron chi connectivity index (χ1n) is 9.91. The van der Waals surface area contributed by atoms with Crippen molar-refractivity contribution >= 4 is 16.0 Å². The first kappa shape index (κ1) is 22.1. The van der Waals surface area contributed by atoms with E-state index in [1.54, 1.807) is 42.5 Å². The average molecular weight is 456 g/mol. The highest BCUT2D eigenvalue weighted by Gasteiger charge is 2.39. The van der Waals surface area contributed by atoms with Gasteiger partial charge in [0.2, 0.25) is 10.0 Å². The van der Waals surface area contributed by atoms with Crippen LogP contribution in [0.25, 0.3) is 22.4 Å². The summed E-state index contributed by atoms with van der Waals surface area (Å²) in [4.78, 5) is 16.0. The molecule has 0 amide bonds. The Hall–Kier alpha value is -3.14. The number of aliphatic hydroxyl groups excluding tert-OH is 1. The predicted octanol–water partition coefficient (Wildman–Crippen LogP) is 3.45. The molecule has 0 bridgehead atoms. The van der Waals surface area contributed by atoms with Crippen molar-refractivity contribution < 1.29 is 27.8 Å². The Morgan fingerprint density at radius 2 is 1.88 bits per heavy atom. The number of hydrogen-bond acceptors (Lipinski definition) is 5. The van der Waals surface area contributed by atoms with Crippen molar-refractivity contribution in [2.24, 2.45) is 0 Å². The number of aromatic carboxylic acids is 1. The number of sulfonamides is 1. The van der Waals surface area contributed by atoms with E-state index < -0.39 is 27.9 Å². The second kappa shape index (κ2) is 8.42. The minimum atomic E-state index is -3.63. The van der Waals surface area contributed by atoms with Gasteiger partial charge < -0.3 is 10.2 Å². The molecule has 0 aliphatic carbocycles. The lowest BCUT2D eigenvalue weighted by molar-refractivity contribution is 0.0690. The lowest BCUT2D eigenvalue weighted by atomic mass is 9.94. The number of halogens is 1. The van der Waals surface area contributed by atoms with Crippen molar-refractivity contribution in [3.05, 3.63) is 77.2 Å². The Labute approximate surface area is 184 Å². The zero-order chi connectivity index (χ0) is 23.0. The highest BCUT2D eigenvalue weighted by molar-refractivity contribution is 7.88. The number of benzene rings is 2. The molecule has 2 N–H and O–H groups in total. The maximum Gasteiger partial charge on any atom is 0.354 e. The number of pyridine rings is 1. The summed E-state index contributed by atoms with van der Waals surface area (Å²) in [6, 6.07) is 13.8. The van der Waals surface area contributed by atoms with E-state index in [1.807, 2.05) is 0 Å². The van der Waals surface area contributed by atoms with Crippen molar-refractivity contribution in [3.8, 4) is 22.4 Å². The Kier molecular flexibility index (Phi) is 5.81. The molecule has 0 spiro atoms. The smallest absolute Gasteiger partial charge is 0.354 e. The molecule has 32 heavy (non-hydrogen) atoms. The Morgan fingerprint density at radius 1 is 1.16 bits per heavy atom. The third kappa shape index (κ3) is 4.02. The molecular formula is C23H21FN2O5S. The molecule has 3 aromatic rings. The first-order chi connectivity index (χ1) is 15.2. The second-order valence-electron chi connectivity index (χ2n) is 7.63. The van der Waals surface area contributed by atoms with Crippen LogP contribution in [0.2, 0.25) is 0 Å². The van der Waals surface area contributed by atoms with E-state index in [0.717, 1.165) is 6.26 Å². The average Bonchev–Trinajstić information content (AvgIpc) is 3.13. The highest BCUT2D eigenvalue weighted by atomic mass is 32.2. The first-order valence-corrected chi connectivity index (χ1v) is 11.8. The van der Waals surface area contributed by atoms with Crippen molar-refractivity contribution in [1.82, 2.24) is 9.29 Å². The number of carbonyl (C=O) groups is 1. The Balaban J connectivity index is 1.94. The number of rotatable bonds is 6. The summed E-state index contributed by atoms with van der Waals surface area (Å²) in [5, 5.41) is 19.2. The molecule has 7 nitrogen and oxygen atoms in total. The predicted molar refractivity (Wildman–Crippen MR) is 117 cm³/mol. The SMILES string of the molecule is CS(=O)(=O)N1Cc2cc(C(=O)O)nc(-c3cccc(-c4ccccc4F)c3)c2[C@H]1CCO. The van der Waals surface area contributed by atoms with Crippen molar-refractivity contribution in [2.45, 2.75) is 19.0 Å². The van der Waals surface area contributed by atoms with Gasteiger partial charge in [0, 0.05) is 29.8 Å². The lowest BCUT2D eigenvalue weighted by Crippen LogP contribution is -2.29. The van der Waals surface area contributed by atoms with Crippen LogP contribution in [0.5, 0.6) is 0 Å². The van der Waals surface area contributed by atoms with Gasteiger partial charge in [0.05, 0.1) is 18.0 Å². The molecule has 0 radical (unpaired) electrons. The molecule has 4 rings (SSSR count). The summed E-state index contributed by atoms with van der Waals surface area (Å²) in [7, 11) is -3.63. The topological polar surface area (TPSA) is 108 Å². The van der Waals surface area contributed by atoms with Gasteiger partial charge in [0.1, 0.15) is 11.5 Å². The van der Waals surface area contributed by atoms with Crippen LogP contribution in [-0.2, 0) is 16.6 Å². The fourth-order valence-electron chi connectivity index (χ4n) is 4.15. The van der Waals surface area contributed by atoms with Crippen molar-refractivity contribution in [2.75, 3.05) is 12.9 Å². The fraction of sp³-hybridized carbons (Fsp3) is 0.217. The maximum atomic E-state index is 14.3. The van der Waals surface area contributed by atoms with Crippen LogP contribution in [0.4, 0.5) is 4.39 Å². The highest BCUT2D eigenvalue weighted by Crippen LogP contribution is 2.43.